The topological polar surface area (TPSA) is 26.3 Å². The lowest BCUT2D eigenvalue weighted by Gasteiger charge is -2.14. The number of benzene rings is 1. The van der Waals surface area contributed by atoms with Crippen LogP contribution in [0.1, 0.15) is 17.3 Å². The highest BCUT2D eigenvalue weighted by Crippen LogP contribution is 2.50. The summed E-state index contributed by atoms with van der Waals surface area (Å²) in [6.45, 7) is 0. The van der Waals surface area contributed by atoms with Crippen LogP contribution < -0.4 is 4.74 Å². The van der Waals surface area contributed by atoms with Crippen LogP contribution in [0.2, 0.25) is 0 Å². The molecule has 1 aromatic carbocycles. The van der Waals surface area contributed by atoms with E-state index in [4.69, 9.17) is 0 Å². The van der Waals surface area contributed by atoms with E-state index in [9.17, 15) is 26.7 Å². The van der Waals surface area contributed by atoms with Gasteiger partial charge in [-0.05, 0) is 12.1 Å². The van der Waals surface area contributed by atoms with Crippen molar-refractivity contribution in [2.75, 3.05) is 0 Å². The average molecular weight is 252 g/mol. The van der Waals surface area contributed by atoms with E-state index < -0.39 is 41.4 Å². The van der Waals surface area contributed by atoms with Crippen LogP contribution in [-0.2, 0) is 11.0 Å². The van der Waals surface area contributed by atoms with Crippen LogP contribution in [-0.4, -0.2) is 12.1 Å². The summed E-state index contributed by atoms with van der Waals surface area (Å²) >= 11 is 0. The van der Waals surface area contributed by atoms with Crippen molar-refractivity contribution in [2.45, 2.75) is 18.2 Å². The van der Waals surface area contributed by atoms with Crippen molar-refractivity contribution in [2.24, 2.45) is 0 Å². The fraction of sp³-hybridized carbons (Fsp3) is 0.300. The van der Waals surface area contributed by atoms with Crippen molar-refractivity contribution >= 4 is 6.29 Å². The van der Waals surface area contributed by atoms with Gasteiger partial charge in [-0.25, -0.2) is 4.39 Å². The van der Waals surface area contributed by atoms with Gasteiger partial charge in [0.25, 0.3) is 0 Å². The highest BCUT2D eigenvalue weighted by Gasteiger charge is 2.54. The lowest BCUT2D eigenvalue weighted by atomic mass is 10.0. The summed E-state index contributed by atoms with van der Waals surface area (Å²) in [5.74, 6) is -3.99. The number of carbonyl (C=O) groups is 1. The van der Waals surface area contributed by atoms with E-state index in [1.54, 1.807) is 0 Å². The first-order chi connectivity index (χ1) is 7.79. The molecule has 1 heterocycles. The maximum Gasteiger partial charge on any atom is 0.416 e. The average Bonchev–Trinajstić information content (AvgIpc) is 2.51. The quantitative estimate of drug-likeness (QED) is 0.567. The van der Waals surface area contributed by atoms with Gasteiger partial charge in [0.2, 0.25) is 6.17 Å². The summed E-state index contributed by atoms with van der Waals surface area (Å²) in [7, 11) is 0. The summed E-state index contributed by atoms with van der Waals surface area (Å²) in [4.78, 5) is 10.3. The molecule has 2 atom stereocenters. The molecule has 92 valence electrons. The molecule has 2 unspecified atom stereocenters. The number of hydrogen-bond acceptors (Lipinski definition) is 2. The molecule has 0 saturated carbocycles. The van der Waals surface area contributed by atoms with Gasteiger partial charge in [0.1, 0.15) is 5.75 Å². The monoisotopic (exact) mass is 252 g/mol. The van der Waals surface area contributed by atoms with E-state index >= 15 is 0 Å². The summed E-state index contributed by atoms with van der Waals surface area (Å²) < 4.78 is 68.9. The van der Waals surface area contributed by atoms with Crippen LogP contribution in [0.4, 0.5) is 22.0 Å². The maximum absolute atomic E-state index is 13.5. The zero-order valence-corrected chi connectivity index (χ0v) is 8.09. The molecule has 0 saturated heterocycles. The third-order valence-corrected chi connectivity index (χ3v) is 2.40. The van der Waals surface area contributed by atoms with Gasteiger partial charge in [-0.15, -0.1) is 0 Å². The molecule has 0 bridgehead atoms. The standard InChI is InChI=1S/C10H5F5O2/c11-8-7-5(10(13,14)15)2-1-3-6(7)17-9(8,12)4-16/h1-4,8H. The van der Waals surface area contributed by atoms with Crippen molar-refractivity contribution < 1.29 is 31.5 Å². The van der Waals surface area contributed by atoms with Gasteiger partial charge in [-0.1, -0.05) is 6.07 Å². The highest BCUT2D eigenvalue weighted by molar-refractivity contribution is 5.67. The summed E-state index contributed by atoms with van der Waals surface area (Å²) in [6, 6.07) is 2.53. The van der Waals surface area contributed by atoms with E-state index in [2.05, 4.69) is 4.74 Å². The van der Waals surface area contributed by atoms with Gasteiger partial charge in [0, 0.05) is 5.56 Å². The second kappa shape index (κ2) is 3.41. The predicted molar refractivity (Wildman–Crippen MR) is 45.8 cm³/mol. The van der Waals surface area contributed by atoms with Gasteiger partial charge >= 0.3 is 12.0 Å². The van der Waals surface area contributed by atoms with Crippen LogP contribution in [0, 0.1) is 0 Å². The minimum Gasteiger partial charge on any atom is -0.448 e. The third kappa shape index (κ3) is 1.65. The van der Waals surface area contributed by atoms with E-state index in [1.165, 1.54) is 0 Å². The van der Waals surface area contributed by atoms with E-state index in [0.29, 0.717) is 6.07 Å². The lowest BCUT2D eigenvalue weighted by Crippen LogP contribution is -2.32. The number of aldehydes is 1. The number of halogens is 5. The lowest BCUT2D eigenvalue weighted by molar-refractivity contribution is -0.148. The normalized spacial score (nSPS) is 27.5. The first-order valence-corrected chi connectivity index (χ1v) is 4.48. The Morgan fingerprint density at radius 1 is 1.35 bits per heavy atom. The Balaban J connectivity index is 2.61. The molecule has 0 aromatic heterocycles. The zero-order valence-electron chi connectivity index (χ0n) is 8.09. The molecule has 0 fully saturated rings. The van der Waals surface area contributed by atoms with Gasteiger partial charge in [-0.2, -0.15) is 17.6 Å². The highest BCUT2D eigenvalue weighted by atomic mass is 19.4. The minimum atomic E-state index is -4.84. The smallest absolute Gasteiger partial charge is 0.416 e. The number of alkyl halides is 5. The SMILES string of the molecule is O=CC1(F)Oc2cccc(C(F)(F)F)c2C1F. The molecule has 0 spiro atoms. The molecule has 0 amide bonds. The molecule has 7 heteroatoms. The predicted octanol–water partition coefficient (Wildman–Crippen LogP) is 2.97. The maximum atomic E-state index is 13.5. The summed E-state index contributed by atoms with van der Waals surface area (Å²) in [5.41, 5.74) is -2.32. The fourth-order valence-electron chi connectivity index (χ4n) is 1.64. The number of carbonyl (C=O) groups excluding carboxylic acids is 1. The van der Waals surface area contributed by atoms with Crippen LogP contribution in [0.15, 0.2) is 18.2 Å². The molecule has 0 radical (unpaired) electrons. The number of hydrogen-bond donors (Lipinski definition) is 0. The second-order valence-corrected chi connectivity index (χ2v) is 3.50. The number of rotatable bonds is 1. The molecule has 2 rings (SSSR count). The zero-order chi connectivity index (χ0) is 12.8. The molecule has 2 nitrogen and oxygen atoms in total. The van der Waals surface area contributed by atoms with Crippen LogP contribution in [0.3, 0.4) is 0 Å². The van der Waals surface area contributed by atoms with Crippen LogP contribution in [0.5, 0.6) is 5.75 Å². The molecule has 0 aliphatic carbocycles. The van der Waals surface area contributed by atoms with E-state index in [1.807, 2.05) is 0 Å². The van der Waals surface area contributed by atoms with Crippen LogP contribution in [0.25, 0.3) is 0 Å². The first kappa shape index (κ1) is 11.8. The van der Waals surface area contributed by atoms with Crippen molar-refractivity contribution in [3.05, 3.63) is 29.3 Å². The van der Waals surface area contributed by atoms with Crippen molar-refractivity contribution in [3.63, 3.8) is 0 Å². The Bertz CT molecular complexity index is 470. The Morgan fingerprint density at radius 2 is 2.00 bits per heavy atom. The Morgan fingerprint density at radius 3 is 2.53 bits per heavy atom. The Kier molecular flexibility index (Phi) is 2.37. The van der Waals surface area contributed by atoms with Gasteiger partial charge in [0.15, 0.2) is 6.29 Å². The fourth-order valence-corrected chi connectivity index (χ4v) is 1.64. The number of fused-ring (bicyclic) bond motifs is 1. The van der Waals surface area contributed by atoms with Crippen molar-refractivity contribution in [1.82, 2.24) is 0 Å². The first-order valence-electron chi connectivity index (χ1n) is 4.48. The Labute approximate surface area is 92.0 Å². The summed E-state index contributed by atoms with van der Waals surface area (Å²) in [5, 5.41) is 0. The molecule has 17 heavy (non-hydrogen) atoms. The molecule has 1 aliphatic rings. The van der Waals surface area contributed by atoms with E-state index in [-0.39, 0.29) is 0 Å². The van der Waals surface area contributed by atoms with Crippen molar-refractivity contribution in [3.8, 4) is 5.75 Å². The third-order valence-electron chi connectivity index (χ3n) is 2.40. The molecule has 0 N–H and O–H groups in total. The van der Waals surface area contributed by atoms with Gasteiger partial charge in [-0.3, -0.25) is 4.79 Å². The van der Waals surface area contributed by atoms with E-state index in [0.717, 1.165) is 12.1 Å². The Hall–Kier alpha value is -1.66. The number of ether oxygens (including phenoxy) is 1. The molecule has 1 aliphatic heterocycles. The summed E-state index contributed by atoms with van der Waals surface area (Å²) in [6.07, 6.45) is -8.11. The van der Waals surface area contributed by atoms with Crippen molar-refractivity contribution in [1.29, 1.82) is 0 Å². The van der Waals surface area contributed by atoms with Crippen LogP contribution >= 0.6 is 0 Å². The largest absolute Gasteiger partial charge is 0.448 e. The van der Waals surface area contributed by atoms with Gasteiger partial charge < -0.3 is 4.74 Å². The molecule has 1 aromatic rings. The molecular weight excluding hydrogens is 247 g/mol. The molecular formula is C10H5F5O2. The van der Waals surface area contributed by atoms with Gasteiger partial charge in [0.05, 0.1) is 5.56 Å². The minimum absolute atomic E-state index is 0.488. The second-order valence-electron chi connectivity index (χ2n) is 3.50.